The summed E-state index contributed by atoms with van der Waals surface area (Å²) in [6.07, 6.45) is 0.509. The lowest BCUT2D eigenvalue weighted by atomic mass is 10.0. The van der Waals surface area contributed by atoms with Gasteiger partial charge in [-0.2, -0.15) is 0 Å². The lowest BCUT2D eigenvalue weighted by molar-refractivity contribution is 0.183. The second kappa shape index (κ2) is 10.3. The highest BCUT2D eigenvalue weighted by molar-refractivity contribution is 5.89. The summed E-state index contributed by atoms with van der Waals surface area (Å²) < 4.78 is 28.4. The predicted molar refractivity (Wildman–Crippen MR) is 136 cm³/mol. The van der Waals surface area contributed by atoms with Gasteiger partial charge in [0.1, 0.15) is 12.0 Å². The maximum Gasteiger partial charge on any atom is 0.323 e. The Kier molecular flexibility index (Phi) is 6.78. The van der Waals surface area contributed by atoms with Crippen molar-refractivity contribution in [1.29, 1.82) is 0 Å². The maximum atomic E-state index is 13.9. The number of fused-ring (bicyclic) bond motifs is 1. The standard InChI is InChI=1S/C28H25F2N5O2/c29-21-13-12-19(17-22(21)30)32-28(37)34-16-15-23-25(26(34)31)27(36)35(20-9-5-2-6-10-20)24(33-23)14-11-18-7-3-1-4-8-18/h1-10,12-13,17,26H,11,14-16,31H2,(H,32,37). The van der Waals surface area contributed by atoms with Crippen LogP contribution in [0.3, 0.4) is 0 Å². The second-order valence-corrected chi connectivity index (χ2v) is 8.80. The summed E-state index contributed by atoms with van der Waals surface area (Å²) in [6.45, 7) is 0.212. The molecule has 4 aromatic rings. The number of benzene rings is 3. The summed E-state index contributed by atoms with van der Waals surface area (Å²) in [4.78, 5) is 33.0. The van der Waals surface area contributed by atoms with E-state index in [1.165, 1.54) is 11.0 Å². The van der Waals surface area contributed by atoms with E-state index in [9.17, 15) is 18.4 Å². The number of hydrogen-bond acceptors (Lipinski definition) is 4. The monoisotopic (exact) mass is 501 g/mol. The normalized spacial score (nSPS) is 14.8. The van der Waals surface area contributed by atoms with Crippen molar-refractivity contribution in [3.05, 3.63) is 123 Å². The number of para-hydroxylation sites is 1. The van der Waals surface area contributed by atoms with Crippen LogP contribution in [0.5, 0.6) is 0 Å². The number of nitrogens with zero attached hydrogens (tertiary/aromatic N) is 3. The molecule has 0 bridgehead atoms. The molecule has 2 heterocycles. The van der Waals surface area contributed by atoms with Crippen LogP contribution in [0, 0.1) is 11.6 Å². The molecule has 0 spiro atoms. The zero-order valence-corrected chi connectivity index (χ0v) is 19.9. The van der Waals surface area contributed by atoms with Crippen molar-refractivity contribution >= 4 is 11.7 Å². The first kappa shape index (κ1) is 24.3. The molecule has 188 valence electrons. The zero-order chi connectivity index (χ0) is 25.9. The molecule has 7 nitrogen and oxygen atoms in total. The van der Waals surface area contributed by atoms with Gasteiger partial charge in [0.25, 0.3) is 5.56 Å². The van der Waals surface area contributed by atoms with Crippen molar-refractivity contribution < 1.29 is 13.6 Å². The summed E-state index contributed by atoms with van der Waals surface area (Å²) in [5.41, 5.74) is 8.76. The number of nitrogens with one attached hydrogen (secondary N) is 1. The van der Waals surface area contributed by atoms with Gasteiger partial charge in [-0.1, -0.05) is 48.5 Å². The minimum Gasteiger partial charge on any atom is -0.308 e. The van der Waals surface area contributed by atoms with Gasteiger partial charge in [-0.05, 0) is 36.2 Å². The summed E-state index contributed by atoms with van der Waals surface area (Å²) in [5, 5.41) is 2.53. The van der Waals surface area contributed by atoms with E-state index in [4.69, 9.17) is 10.7 Å². The number of aryl methyl sites for hydroxylation is 2. The van der Waals surface area contributed by atoms with Crippen LogP contribution in [0.2, 0.25) is 0 Å². The third-order valence-electron chi connectivity index (χ3n) is 6.41. The molecule has 9 heteroatoms. The third kappa shape index (κ3) is 4.99. The largest absolute Gasteiger partial charge is 0.323 e. The molecule has 5 rings (SSSR count). The highest BCUT2D eigenvalue weighted by Gasteiger charge is 2.33. The molecule has 1 atom stereocenters. The summed E-state index contributed by atoms with van der Waals surface area (Å²) in [5.74, 6) is -1.48. The van der Waals surface area contributed by atoms with Crippen molar-refractivity contribution in [3.63, 3.8) is 0 Å². The number of amides is 2. The van der Waals surface area contributed by atoms with E-state index in [0.29, 0.717) is 36.5 Å². The minimum absolute atomic E-state index is 0.0815. The Balaban J connectivity index is 1.48. The molecular weight excluding hydrogens is 476 g/mol. The number of carbonyl (C=O) groups is 1. The molecule has 2 amide bonds. The van der Waals surface area contributed by atoms with Crippen molar-refractivity contribution in [2.75, 3.05) is 11.9 Å². The number of aromatic nitrogens is 2. The van der Waals surface area contributed by atoms with Crippen molar-refractivity contribution in [3.8, 4) is 5.69 Å². The van der Waals surface area contributed by atoms with Crippen LogP contribution in [0.25, 0.3) is 5.69 Å². The fourth-order valence-electron chi connectivity index (χ4n) is 4.55. The van der Waals surface area contributed by atoms with Gasteiger partial charge in [-0.25, -0.2) is 18.6 Å². The molecule has 1 aromatic heterocycles. The molecule has 37 heavy (non-hydrogen) atoms. The van der Waals surface area contributed by atoms with Gasteiger partial charge in [0.2, 0.25) is 0 Å². The fraction of sp³-hybridized carbons (Fsp3) is 0.179. The molecule has 0 radical (unpaired) electrons. The van der Waals surface area contributed by atoms with Crippen molar-refractivity contribution in [1.82, 2.24) is 14.5 Å². The first-order valence-corrected chi connectivity index (χ1v) is 11.9. The summed E-state index contributed by atoms with van der Waals surface area (Å²) in [7, 11) is 0. The molecule has 1 aliphatic heterocycles. The van der Waals surface area contributed by atoms with Crippen LogP contribution in [-0.4, -0.2) is 27.0 Å². The van der Waals surface area contributed by atoms with Crippen molar-refractivity contribution in [2.45, 2.75) is 25.4 Å². The highest BCUT2D eigenvalue weighted by Crippen LogP contribution is 2.25. The zero-order valence-electron chi connectivity index (χ0n) is 19.9. The average Bonchev–Trinajstić information content (AvgIpc) is 2.90. The lowest BCUT2D eigenvalue weighted by Gasteiger charge is -2.34. The van der Waals surface area contributed by atoms with Gasteiger partial charge in [0.15, 0.2) is 11.6 Å². The summed E-state index contributed by atoms with van der Waals surface area (Å²) in [6, 6.07) is 21.6. The molecule has 3 N–H and O–H groups in total. The predicted octanol–water partition coefficient (Wildman–Crippen LogP) is 4.34. The highest BCUT2D eigenvalue weighted by atomic mass is 19.2. The van der Waals surface area contributed by atoms with E-state index >= 15 is 0 Å². The fourth-order valence-corrected chi connectivity index (χ4v) is 4.55. The molecule has 0 aliphatic carbocycles. The van der Waals surface area contributed by atoms with Crippen LogP contribution in [-0.2, 0) is 19.3 Å². The number of hydrogen-bond donors (Lipinski definition) is 2. The van der Waals surface area contributed by atoms with Gasteiger partial charge in [-0.15, -0.1) is 0 Å². The molecule has 0 fully saturated rings. The molecular formula is C28H25F2N5O2. The molecule has 0 saturated heterocycles. The van der Waals surface area contributed by atoms with Gasteiger partial charge >= 0.3 is 6.03 Å². The van der Waals surface area contributed by atoms with Crippen molar-refractivity contribution in [2.24, 2.45) is 5.73 Å². The Morgan fingerprint density at radius 2 is 1.68 bits per heavy atom. The van der Waals surface area contributed by atoms with Crippen LogP contribution >= 0.6 is 0 Å². The molecule has 3 aromatic carbocycles. The van der Waals surface area contributed by atoms with Crippen LogP contribution in [0.4, 0.5) is 19.3 Å². The Morgan fingerprint density at radius 1 is 0.973 bits per heavy atom. The van der Waals surface area contributed by atoms with Gasteiger partial charge < -0.3 is 16.0 Å². The minimum atomic E-state index is -1.08. The van der Waals surface area contributed by atoms with Gasteiger partial charge in [0.05, 0.1) is 16.9 Å². The molecule has 1 aliphatic rings. The van der Waals surface area contributed by atoms with E-state index in [0.717, 1.165) is 17.7 Å². The Morgan fingerprint density at radius 3 is 2.38 bits per heavy atom. The SMILES string of the molecule is NC1c2c(nc(CCc3ccccc3)n(-c3ccccc3)c2=O)CCN1C(=O)Nc1ccc(F)c(F)c1. The molecule has 0 saturated carbocycles. The average molecular weight is 502 g/mol. The van der Waals surface area contributed by atoms with E-state index in [2.05, 4.69) is 5.32 Å². The van der Waals surface area contributed by atoms with Gasteiger partial charge in [-0.3, -0.25) is 9.36 Å². The third-order valence-corrected chi connectivity index (χ3v) is 6.41. The number of halogens is 2. The first-order valence-electron chi connectivity index (χ1n) is 11.9. The lowest BCUT2D eigenvalue weighted by Crippen LogP contribution is -2.49. The maximum absolute atomic E-state index is 13.9. The van der Waals surface area contributed by atoms with E-state index in [1.54, 1.807) is 4.57 Å². The Labute approximate surface area is 212 Å². The number of anilines is 1. The summed E-state index contributed by atoms with van der Waals surface area (Å²) >= 11 is 0. The first-order chi connectivity index (χ1) is 17.9. The Bertz CT molecular complexity index is 1490. The quantitative estimate of drug-likeness (QED) is 0.425. The Hall–Kier alpha value is -4.37. The van der Waals surface area contributed by atoms with Crippen LogP contribution in [0.15, 0.2) is 83.7 Å². The number of nitrogens with two attached hydrogens (primary N) is 1. The van der Waals surface area contributed by atoms with Gasteiger partial charge in [0, 0.05) is 31.1 Å². The topological polar surface area (TPSA) is 93.2 Å². The second-order valence-electron chi connectivity index (χ2n) is 8.80. The number of urea groups is 1. The number of carbonyl (C=O) groups excluding carboxylic acids is 1. The van der Waals surface area contributed by atoms with E-state index in [-0.39, 0.29) is 23.4 Å². The van der Waals surface area contributed by atoms with E-state index < -0.39 is 23.8 Å². The number of rotatable bonds is 5. The smallest absolute Gasteiger partial charge is 0.308 e. The van der Waals surface area contributed by atoms with E-state index in [1.807, 2.05) is 60.7 Å². The van der Waals surface area contributed by atoms with Crippen LogP contribution in [0.1, 0.15) is 28.8 Å². The van der Waals surface area contributed by atoms with Crippen LogP contribution < -0.4 is 16.6 Å². The molecule has 1 unspecified atom stereocenters.